The Morgan fingerprint density at radius 1 is 1.19 bits per heavy atom. The minimum atomic E-state index is -0.649. The molecule has 0 radical (unpaired) electrons. The molecule has 2 N–H and O–H groups in total. The van der Waals surface area contributed by atoms with E-state index in [4.69, 9.17) is 15.2 Å². The normalized spacial score (nSPS) is 29.6. The average molecular weight is 373 g/mol. The minimum Gasteiger partial charge on any atom is -0.410 e. The van der Waals surface area contributed by atoms with Gasteiger partial charge in [-0.1, -0.05) is 18.2 Å². The van der Waals surface area contributed by atoms with E-state index in [2.05, 4.69) is 4.90 Å². The summed E-state index contributed by atoms with van der Waals surface area (Å²) in [5.41, 5.74) is 5.05. The number of carbonyl (C=O) groups is 2. The standard InChI is InChI=1S/C20H27N3O4/c21-18(24)20-14-23(19(25)27-15-6-2-1-3-7-15)12-16(20)17(20)13-26-11-10-22-8-4-5-9-22/h1-3,6-7,16-17H,4-5,8-14H2,(H2,21,24). The Morgan fingerprint density at radius 3 is 2.59 bits per heavy atom. The monoisotopic (exact) mass is 373 g/mol. The molecule has 1 aliphatic carbocycles. The lowest BCUT2D eigenvalue weighted by Crippen LogP contribution is -2.40. The molecular weight excluding hydrogens is 346 g/mol. The van der Waals surface area contributed by atoms with Crippen LogP contribution in [0.1, 0.15) is 12.8 Å². The average Bonchev–Trinajstić information content (AvgIpc) is 3.05. The quantitative estimate of drug-likeness (QED) is 0.729. The van der Waals surface area contributed by atoms with Gasteiger partial charge < -0.3 is 25.0 Å². The van der Waals surface area contributed by atoms with E-state index in [-0.39, 0.29) is 17.7 Å². The van der Waals surface area contributed by atoms with Crippen molar-refractivity contribution in [3.8, 4) is 5.75 Å². The van der Waals surface area contributed by atoms with Gasteiger partial charge >= 0.3 is 6.09 Å². The van der Waals surface area contributed by atoms with Gasteiger partial charge in [-0.05, 0) is 44.0 Å². The van der Waals surface area contributed by atoms with Gasteiger partial charge in [-0.15, -0.1) is 0 Å². The topological polar surface area (TPSA) is 85.1 Å². The Kier molecular flexibility index (Phi) is 5.06. The molecule has 2 saturated heterocycles. The predicted molar refractivity (Wildman–Crippen MR) is 99.1 cm³/mol. The summed E-state index contributed by atoms with van der Waals surface area (Å²) in [5, 5.41) is 0. The number of hydrogen-bond acceptors (Lipinski definition) is 5. The van der Waals surface area contributed by atoms with E-state index in [1.54, 1.807) is 17.0 Å². The third-order valence-electron chi connectivity index (χ3n) is 6.28. The van der Waals surface area contributed by atoms with Crippen LogP contribution in [0.3, 0.4) is 0 Å². The fourth-order valence-corrected chi connectivity index (χ4v) is 4.66. The lowest BCUT2D eigenvalue weighted by Gasteiger charge is -2.22. The first kappa shape index (κ1) is 18.3. The first-order valence-electron chi connectivity index (χ1n) is 9.73. The maximum Gasteiger partial charge on any atom is 0.415 e. The number of rotatable bonds is 7. The van der Waals surface area contributed by atoms with Crippen LogP contribution in [0.5, 0.6) is 5.75 Å². The van der Waals surface area contributed by atoms with Crippen LogP contribution in [0.15, 0.2) is 30.3 Å². The van der Waals surface area contributed by atoms with E-state index < -0.39 is 11.5 Å². The van der Waals surface area contributed by atoms with Crippen molar-refractivity contribution in [1.82, 2.24) is 9.80 Å². The lowest BCUT2D eigenvalue weighted by atomic mass is 10.0. The van der Waals surface area contributed by atoms with Gasteiger partial charge in [0.25, 0.3) is 0 Å². The Hall–Kier alpha value is -2.12. The van der Waals surface area contributed by atoms with E-state index in [9.17, 15) is 9.59 Å². The number of carbonyl (C=O) groups excluding carboxylic acids is 2. The van der Waals surface area contributed by atoms with Crippen LogP contribution in [-0.2, 0) is 9.53 Å². The van der Waals surface area contributed by atoms with Crippen LogP contribution in [0.25, 0.3) is 0 Å². The van der Waals surface area contributed by atoms with Crippen molar-refractivity contribution in [1.29, 1.82) is 0 Å². The summed E-state index contributed by atoms with van der Waals surface area (Å²) in [4.78, 5) is 28.5. The van der Waals surface area contributed by atoms with Gasteiger partial charge in [-0.25, -0.2) is 4.79 Å². The summed E-state index contributed by atoms with van der Waals surface area (Å²) in [6.45, 7) is 5.27. The number of ether oxygens (including phenoxy) is 2. The zero-order valence-electron chi connectivity index (χ0n) is 15.5. The van der Waals surface area contributed by atoms with Crippen LogP contribution in [-0.4, -0.2) is 67.7 Å². The molecular formula is C20H27N3O4. The Balaban J connectivity index is 1.27. The second-order valence-corrected chi connectivity index (χ2v) is 7.80. The third kappa shape index (κ3) is 3.53. The fraction of sp³-hybridized carbons (Fsp3) is 0.600. The number of amides is 2. The van der Waals surface area contributed by atoms with Gasteiger partial charge in [0.15, 0.2) is 0 Å². The van der Waals surface area contributed by atoms with Gasteiger partial charge in [0.2, 0.25) is 5.91 Å². The second-order valence-electron chi connectivity index (χ2n) is 7.80. The first-order chi connectivity index (χ1) is 13.1. The summed E-state index contributed by atoms with van der Waals surface area (Å²) < 4.78 is 11.2. The van der Waals surface area contributed by atoms with Crippen molar-refractivity contribution >= 4 is 12.0 Å². The summed E-state index contributed by atoms with van der Waals surface area (Å²) in [6, 6.07) is 8.94. The third-order valence-corrected chi connectivity index (χ3v) is 6.28. The molecule has 1 saturated carbocycles. The summed E-state index contributed by atoms with van der Waals surface area (Å²) in [6.07, 6.45) is 2.11. The maximum atomic E-state index is 12.4. The molecule has 4 rings (SSSR count). The summed E-state index contributed by atoms with van der Waals surface area (Å²) >= 11 is 0. The highest BCUT2D eigenvalue weighted by molar-refractivity contribution is 5.87. The molecule has 3 aliphatic rings. The highest BCUT2D eigenvalue weighted by atomic mass is 16.6. The van der Waals surface area contributed by atoms with E-state index >= 15 is 0 Å². The highest BCUT2D eigenvalue weighted by Gasteiger charge is 2.73. The van der Waals surface area contributed by atoms with Gasteiger partial charge in [0, 0.05) is 25.6 Å². The van der Waals surface area contributed by atoms with Crippen molar-refractivity contribution in [2.75, 3.05) is 45.9 Å². The highest BCUT2D eigenvalue weighted by Crippen LogP contribution is 2.63. The summed E-state index contributed by atoms with van der Waals surface area (Å²) in [5.74, 6) is 0.341. The smallest absolute Gasteiger partial charge is 0.410 e. The van der Waals surface area contributed by atoms with Gasteiger partial charge in [0.05, 0.1) is 18.6 Å². The predicted octanol–water partition coefficient (Wildman–Crippen LogP) is 1.33. The number of hydrogen-bond donors (Lipinski definition) is 1. The van der Waals surface area contributed by atoms with Gasteiger partial charge in [-0.3, -0.25) is 4.79 Å². The number of piperidine rings is 1. The molecule has 7 heteroatoms. The van der Waals surface area contributed by atoms with Crippen molar-refractivity contribution < 1.29 is 19.1 Å². The molecule has 3 atom stereocenters. The molecule has 0 aromatic heterocycles. The van der Waals surface area contributed by atoms with Crippen LogP contribution >= 0.6 is 0 Å². The number of likely N-dealkylation sites (tertiary alicyclic amines) is 2. The molecule has 146 valence electrons. The minimum absolute atomic E-state index is 0.0742. The van der Waals surface area contributed by atoms with Gasteiger partial charge in [0.1, 0.15) is 5.75 Å². The zero-order chi connectivity index (χ0) is 18.9. The Labute approximate surface area is 159 Å². The molecule has 1 aromatic rings. The number of nitrogens with zero attached hydrogens (tertiary/aromatic N) is 2. The number of primary amides is 1. The van der Waals surface area contributed by atoms with E-state index in [1.165, 1.54) is 12.8 Å². The largest absolute Gasteiger partial charge is 0.415 e. The number of fused-ring (bicyclic) bond motifs is 1. The first-order valence-corrected chi connectivity index (χ1v) is 9.73. The van der Waals surface area contributed by atoms with E-state index in [1.807, 2.05) is 18.2 Å². The molecule has 3 unspecified atom stereocenters. The van der Waals surface area contributed by atoms with Crippen molar-refractivity contribution in [3.05, 3.63) is 30.3 Å². The molecule has 2 heterocycles. The van der Waals surface area contributed by atoms with Crippen molar-refractivity contribution in [3.63, 3.8) is 0 Å². The van der Waals surface area contributed by atoms with Crippen molar-refractivity contribution in [2.24, 2.45) is 23.0 Å². The Morgan fingerprint density at radius 2 is 1.93 bits per heavy atom. The Bertz CT molecular complexity index is 692. The lowest BCUT2D eigenvalue weighted by molar-refractivity contribution is -0.124. The SMILES string of the molecule is NC(=O)C12CN(C(=O)Oc3ccccc3)CC1C2COCCN1CCCC1. The number of benzene rings is 1. The molecule has 0 spiro atoms. The van der Waals surface area contributed by atoms with E-state index in [0.717, 1.165) is 19.6 Å². The molecule has 3 fully saturated rings. The molecule has 1 aromatic carbocycles. The molecule has 27 heavy (non-hydrogen) atoms. The second kappa shape index (κ2) is 7.48. The fourth-order valence-electron chi connectivity index (χ4n) is 4.66. The van der Waals surface area contributed by atoms with Crippen LogP contribution < -0.4 is 10.5 Å². The van der Waals surface area contributed by atoms with Crippen LogP contribution in [0.4, 0.5) is 4.79 Å². The van der Waals surface area contributed by atoms with Crippen molar-refractivity contribution in [2.45, 2.75) is 12.8 Å². The van der Waals surface area contributed by atoms with E-state index in [0.29, 0.717) is 32.1 Å². The van der Waals surface area contributed by atoms with Crippen LogP contribution in [0, 0.1) is 17.3 Å². The van der Waals surface area contributed by atoms with Gasteiger partial charge in [-0.2, -0.15) is 0 Å². The molecule has 7 nitrogen and oxygen atoms in total. The molecule has 2 aliphatic heterocycles. The van der Waals surface area contributed by atoms with Crippen LogP contribution in [0.2, 0.25) is 0 Å². The molecule has 2 amide bonds. The maximum absolute atomic E-state index is 12.4. The molecule has 0 bridgehead atoms. The number of nitrogens with two attached hydrogens (primary N) is 1. The zero-order valence-corrected chi connectivity index (χ0v) is 15.5. The number of para-hydroxylation sites is 1. The summed E-state index contributed by atoms with van der Waals surface area (Å²) in [7, 11) is 0.